The molecule has 0 spiro atoms. The molecule has 2 aromatic heterocycles. The van der Waals surface area contributed by atoms with E-state index in [-0.39, 0.29) is 5.91 Å². The standard InChI is InChI=1S/C19H20N4O2/c1-13-20-18(25-23-13)19(11-5-2-6-12-19)22-17(24)16-10-9-14-7-3-4-8-15(14)21-16/h3-4,7-10H,2,5-6,11-12H2,1H3,(H,22,24). The Hall–Kier alpha value is -2.76. The number of pyridine rings is 1. The Labute approximate surface area is 145 Å². The first kappa shape index (κ1) is 15.7. The molecule has 0 radical (unpaired) electrons. The Bertz CT molecular complexity index is 912. The van der Waals surface area contributed by atoms with Gasteiger partial charge in [0.1, 0.15) is 11.2 Å². The van der Waals surface area contributed by atoms with Crippen LogP contribution >= 0.6 is 0 Å². The van der Waals surface area contributed by atoms with E-state index >= 15 is 0 Å². The lowest BCUT2D eigenvalue weighted by Crippen LogP contribution is -2.47. The molecule has 1 aliphatic rings. The molecule has 1 amide bonds. The lowest BCUT2D eigenvalue weighted by atomic mass is 9.81. The monoisotopic (exact) mass is 336 g/mol. The number of aryl methyl sites for hydroxylation is 1. The van der Waals surface area contributed by atoms with Crippen LogP contribution in [-0.2, 0) is 5.54 Å². The van der Waals surface area contributed by atoms with Gasteiger partial charge in [-0.2, -0.15) is 4.98 Å². The van der Waals surface area contributed by atoms with Crippen molar-refractivity contribution in [3.05, 3.63) is 53.8 Å². The van der Waals surface area contributed by atoms with Gasteiger partial charge >= 0.3 is 0 Å². The molecule has 0 aliphatic heterocycles. The maximum atomic E-state index is 12.9. The number of hydrogen-bond donors (Lipinski definition) is 1. The molecule has 4 rings (SSSR count). The van der Waals surface area contributed by atoms with E-state index in [2.05, 4.69) is 20.4 Å². The summed E-state index contributed by atoms with van der Waals surface area (Å²) in [5.41, 5.74) is 0.616. The van der Waals surface area contributed by atoms with Crippen molar-refractivity contribution in [2.75, 3.05) is 0 Å². The molecule has 1 N–H and O–H groups in total. The molecular weight excluding hydrogens is 316 g/mol. The van der Waals surface area contributed by atoms with Crippen molar-refractivity contribution in [1.82, 2.24) is 20.4 Å². The minimum Gasteiger partial charge on any atom is -0.337 e. The van der Waals surface area contributed by atoms with Gasteiger partial charge in [0.25, 0.3) is 11.8 Å². The van der Waals surface area contributed by atoms with Crippen molar-refractivity contribution in [3.63, 3.8) is 0 Å². The van der Waals surface area contributed by atoms with Gasteiger partial charge in [0.15, 0.2) is 5.82 Å². The van der Waals surface area contributed by atoms with Gasteiger partial charge in [-0.15, -0.1) is 0 Å². The minimum absolute atomic E-state index is 0.205. The molecule has 0 atom stereocenters. The number of carbonyl (C=O) groups excluding carboxylic acids is 1. The van der Waals surface area contributed by atoms with Crippen LogP contribution in [0.5, 0.6) is 0 Å². The molecule has 6 nitrogen and oxygen atoms in total. The zero-order valence-electron chi connectivity index (χ0n) is 14.2. The van der Waals surface area contributed by atoms with E-state index in [1.165, 1.54) is 0 Å². The third kappa shape index (κ3) is 2.99. The zero-order valence-corrected chi connectivity index (χ0v) is 14.2. The number of rotatable bonds is 3. The number of nitrogens with zero attached hydrogens (tertiary/aromatic N) is 3. The van der Waals surface area contributed by atoms with Crippen molar-refractivity contribution in [2.45, 2.75) is 44.6 Å². The first-order chi connectivity index (χ1) is 12.2. The quantitative estimate of drug-likeness (QED) is 0.791. The molecule has 0 saturated heterocycles. The summed E-state index contributed by atoms with van der Waals surface area (Å²) in [6.45, 7) is 1.79. The van der Waals surface area contributed by atoms with Crippen LogP contribution in [0.2, 0.25) is 0 Å². The molecule has 3 aromatic rings. The van der Waals surface area contributed by atoms with Gasteiger partial charge in [-0.1, -0.05) is 48.7 Å². The van der Waals surface area contributed by atoms with Crippen LogP contribution < -0.4 is 5.32 Å². The van der Waals surface area contributed by atoms with Crippen LogP contribution in [0, 0.1) is 6.92 Å². The fourth-order valence-electron chi connectivity index (χ4n) is 3.51. The molecule has 6 heteroatoms. The van der Waals surface area contributed by atoms with E-state index in [4.69, 9.17) is 4.52 Å². The van der Waals surface area contributed by atoms with Gasteiger partial charge in [0, 0.05) is 5.39 Å². The average Bonchev–Trinajstić information content (AvgIpc) is 3.09. The first-order valence-electron chi connectivity index (χ1n) is 8.65. The highest BCUT2D eigenvalue weighted by Crippen LogP contribution is 2.36. The molecule has 25 heavy (non-hydrogen) atoms. The number of fused-ring (bicyclic) bond motifs is 1. The Kier molecular flexibility index (Phi) is 3.95. The third-order valence-electron chi connectivity index (χ3n) is 4.83. The van der Waals surface area contributed by atoms with Crippen LogP contribution in [0.25, 0.3) is 10.9 Å². The zero-order chi connectivity index (χ0) is 17.3. The van der Waals surface area contributed by atoms with Crippen LogP contribution in [0.15, 0.2) is 40.9 Å². The molecule has 1 fully saturated rings. The Morgan fingerprint density at radius 1 is 1.08 bits per heavy atom. The van der Waals surface area contributed by atoms with Gasteiger partial charge in [0.2, 0.25) is 0 Å². The lowest BCUT2D eigenvalue weighted by molar-refractivity contribution is 0.0820. The Balaban J connectivity index is 1.65. The number of amides is 1. The summed E-state index contributed by atoms with van der Waals surface area (Å²) < 4.78 is 5.42. The van der Waals surface area contributed by atoms with Crippen LogP contribution in [-0.4, -0.2) is 21.0 Å². The van der Waals surface area contributed by atoms with Crippen LogP contribution in [0.1, 0.15) is 54.3 Å². The second kappa shape index (κ2) is 6.27. The van der Waals surface area contributed by atoms with E-state index in [0.717, 1.165) is 43.0 Å². The van der Waals surface area contributed by atoms with Crippen LogP contribution in [0.4, 0.5) is 0 Å². The summed E-state index contributed by atoms with van der Waals surface area (Å²) in [5.74, 6) is 0.875. The largest absolute Gasteiger partial charge is 0.337 e. The average molecular weight is 336 g/mol. The van der Waals surface area contributed by atoms with Crippen molar-refractivity contribution in [1.29, 1.82) is 0 Å². The van der Waals surface area contributed by atoms with E-state index in [9.17, 15) is 4.79 Å². The van der Waals surface area contributed by atoms with E-state index in [0.29, 0.717) is 17.4 Å². The number of hydrogen-bond acceptors (Lipinski definition) is 5. The van der Waals surface area contributed by atoms with Gasteiger partial charge in [-0.05, 0) is 31.9 Å². The highest BCUT2D eigenvalue weighted by molar-refractivity contribution is 5.95. The van der Waals surface area contributed by atoms with Gasteiger partial charge in [-0.3, -0.25) is 4.79 Å². The number of benzene rings is 1. The maximum absolute atomic E-state index is 12.9. The van der Waals surface area contributed by atoms with Crippen molar-refractivity contribution < 1.29 is 9.32 Å². The lowest BCUT2D eigenvalue weighted by Gasteiger charge is -2.34. The van der Waals surface area contributed by atoms with Crippen LogP contribution in [0.3, 0.4) is 0 Å². The molecule has 2 heterocycles. The second-order valence-electron chi connectivity index (χ2n) is 6.63. The fraction of sp³-hybridized carbons (Fsp3) is 0.368. The summed E-state index contributed by atoms with van der Waals surface area (Å²) >= 11 is 0. The summed E-state index contributed by atoms with van der Waals surface area (Å²) in [6, 6.07) is 11.4. The van der Waals surface area contributed by atoms with E-state index in [1.54, 1.807) is 13.0 Å². The molecule has 0 bridgehead atoms. The SMILES string of the molecule is Cc1noc(C2(NC(=O)c3ccc4ccccc4n3)CCCCC2)n1. The topological polar surface area (TPSA) is 80.9 Å². The van der Waals surface area contributed by atoms with Gasteiger partial charge in [0.05, 0.1) is 5.52 Å². The number of aromatic nitrogens is 3. The molecule has 1 aromatic carbocycles. The van der Waals surface area contributed by atoms with Gasteiger partial charge in [-0.25, -0.2) is 4.98 Å². The predicted molar refractivity (Wildman–Crippen MR) is 93.0 cm³/mol. The molecule has 1 saturated carbocycles. The fourth-order valence-corrected chi connectivity index (χ4v) is 3.51. The van der Waals surface area contributed by atoms with Crippen molar-refractivity contribution in [2.24, 2.45) is 0 Å². The van der Waals surface area contributed by atoms with E-state index < -0.39 is 5.54 Å². The highest BCUT2D eigenvalue weighted by Gasteiger charge is 2.40. The third-order valence-corrected chi connectivity index (χ3v) is 4.83. The Morgan fingerprint density at radius 2 is 1.88 bits per heavy atom. The Morgan fingerprint density at radius 3 is 2.64 bits per heavy atom. The smallest absolute Gasteiger partial charge is 0.270 e. The van der Waals surface area contributed by atoms with Crippen molar-refractivity contribution in [3.8, 4) is 0 Å². The molecule has 1 aliphatic carbocycles. The predicted octanol–water partition coefficient (Wildman–Crippen LogP) is 3.52. The summed E-state index contributed by atoms with van der Waals surface area (Å²) in [4.78, 5) is 21.8. The second-order valence-corrected chi connectivity index (χ2v) is 6.63. The molecule has 0 unspecified atom stereocenters. The van der Waals surface area contributed by atoms with Gasteiger partial charge < -0.3 is 9.84 Å². The number of carbonyl (C=O) groups is 1. The maximum Gasteiger partial charge on any atom is 0.270 e. The minimum atomic E-state index is -0.593. The summed E-state index contributed by atoms with van der Waals surface area (Å²) in [5, 5.41) is 8.06. The summed E-state index contributed by atoms with van der Waals surface area (Å²) in [6.07, 6.45) is 4.79. The van der Waals surface area contributed by atoms with E-state index in [1.807, 2.05) is 30.3 Å². The number of para-hydroxylation sites is 1. The normalized spacial score (nSPS) is 16.7. The van der Waals surface area contributed by atoms with Crippen molar-refractivity contribution >= 4 is 16.8 Å². The number of nitrogens with one attached hydrogen (secondary N) is 1. The molecule has 128 valence electrons. The summed E-state index contributed by atoms with van der Waals surface area (Å²) in [7, 11) is 0. The molecular formula is C19H20N4O2. The highest BCUT2D eigenvalue weighted by atomic mass is 16.5. The first-order valence-corrected chi connectivity index (χ1v) is 8.65.